The van der Waals surface area contributed by atoms with E-state index < -0.39 is 0 Å². The van der Waals surface area contributed by atoms with Gasteiger partial charge in [-0.2, -0.15) is 5.10 Å². The molecule has 2 atom stereocenters. The third-order valence-electron chi connectivity index (χ3n) is 3.84. The molecule has 3 aromatic rings. The number of nitrogens with one attached hydrogen (secondary N) is 1. The second-order valence-corrected chi connectivity index (χ2v) is 5.59. The van der Waals surface area contributed by atoms with Gasteiger partial charge in [0.2, 0.25) is 0 Å². The Balaban J connectivity index is 1.76. The van der Waals surface area contributed by atoms with Crippen molar-refractivity contribution in [3.05, 3.63) is 66.5 Å². The van der Waals surface area contributed by atoms with Crippen LogP contribution in [0.25, 0.3) is 10.8 Å². The van der Waals surface area contributed by atoms with Crippen LogP contribution in [0.1, 0.15) is 25.5 Å². The number of aromatic nitrogens is 2. The van der Waals surface area contributed by atoms with E-state index in [-0.39, 0.29) is 0 Å². The minimum Gasteiger partial charge on any atom is -0.306 e. The van der Waals surface area contributed by atoms with Crippen LogP contribution in [0.15, 0.2) is 60.9 Å². The van der Waals surface area contributed by atoms with Gasteiger partial charge in [-0.1, -0.05) is 42.5 Å². The fraction of sp³-hybridized carbons (Fsp3) is 0.278. The summed E-state index contributed by atoms with van der Waals surface area (Å²) in [5.74, 6) is 0. The molecule has 0 fully saturated rings. The molecule has 1 heterocycles. The van der Waals surface area contributed by atoms with Crippen LogP contribution in [0.4, 0.5) is 0 Å². The van der Waals surface area contributed by atoms with Crippen LogP contribution in [-0.4, -0.2) is 15.8 Å². The molecule has 0 aliphatic carbocycles. The lowest BCUT2D eigenvalue weighted by atomic mass is 9.99. The molecule has 21 heavy (non-hydrogen) atoms. The number of hydrogen-bond acceptors (Lipinski definition) is 2. The lowest BCUT2D eigenvalue weighted by Crippen LogP contribution is -2.32. The largest absolute Gasteiger partial charge is 0.306 e. The maximum absolute atomic E-state index is 4.26. The van der Waals surface area contributed by atoms with E-state index in [0.717, 1.165) is 6.54 Å². The molecule has 0 spiro atoms. The Labute approximate surface area is 125 Å². The molecule has 1 N–H and O–H groups in total. The fourth-order valence-corrected chi connectivity index (χ4v) is 2.89. The SMILES string of the molecule is CC(Cn1cccn1)NC(C)c1cccc2ccccc12. The van der Waals surface area contributed by atoms with E-state index in [1.807, 2.05) is 23.1 Å². The average Bonchev–Trinajstić information content (AvgIpc) is 2.99. The molecule has 0 saturated heterocycles. The normalized spacial score (nSPS) is 14.2. The Morgan fingerprint density at radius 2 is 1.86 bits per heavy atom. The Morgan fingerprint density at radius 3 is 2.67 bits per heavy atom. The first kappa shape index (κ1) is 13.8. The van der Waals surface area contributed by atoms with Gasteiger partial charge < -0.3 is 5.32 Å². The van der Waals surface area contributed by atoms with Gasteiger partial charge in [0, 0.05) is 24.5 Å². The number of nitrogens with zero attached hydrogens (tertiary/aromatic N) is 2. The number of fused-ring (bicyclic) bond motifs is 1. The Hall–Kier alpha value is -2.13. The summed E-state index contributed by atoms with van der Waals surface area (Å²) in [7, 11) is 0. The smallest absolute Gasteiger partial charge is 0.0560 e. The van der Waals surface area contributed by atoms with Crippen LogP contribution >= 0.6 is 0 Å². The first-order valence-corrected chi connectivity index (χ1v) is 7.45. The fourth-order valence-electron chi connectivity index (χ4n) is 2.89. The van der Waals surface area contributed by atoms with E-state index in [4.69, 9.17) is 0 Å². The first-order valence-electron chi connectivity index (χ1n) is 7.45. The van der Waals surface area contributed by atoms with Crippen LogP contribution in [0, 0.1) is 0 Å². The van der Waals surface area contributed by atoms with Gasteiger partial charge in [-0.3, -0.25) is 4.68 Å². The average molecular weight is 279 g/mol. The molecule has 0 amide bonds. The predicted octanol–water partition coefficient (Wildman–Crippen LogP) is 3.78. The van der Waals surface area contributed by atoms with Gasteiger partial charge in [0.05, 0.1) is 6.54 Å². The predicted molar refractivity (Wildman–Crippen MR) is 87.2 cm³/mol. The highest BCUT2D eigenvalue weighted by Gasteiger charge is 2.12. The van der Waals surface area contributed by atoms with Crippen LogP contribution in [-0.2, 0) is 6.54 Å². The third kappa shape index (κ3) is 3.14. The monoisotopic (exact) mass is 279 g/mol. The highest BCUT2D eigenvalue weighted by atomic mass is 15.3. The quantitative estimate of drug-likeness (QED) is 0.770. The van der Waals surface area contributed by atoms with E-state index in [9.17, 15) is 0 Å². The summed E-state index contributed by atoms with van der Waals surface area (Å²) < 4.78 is 1.97. The van der Waals surface area contributed by atoms with Gasteiger partial charge in [0.25, 0.3) is 0 Å². The third-order valence-corrected chi connectivity index (χ3v) is 3.84. The Morgan fingerprint density at radius 1 is 1.05 bits per heavy atom. The second kappa shape index (κ2) is 6.10. The van der Waals surface area contributed by atoms with Crippen molar-refractivity contribution in [2.45, 2.75) is 32.5 Å². The molecule has 0 aliphatic rings. The van der Waals surface area contributed by atoms with E-state index in [0.29, 0.717) is 12.1 Å². The molecule has 0 saturated carbocycles. The van der Waals surface area contributed by atoms with Gasteiger partial charge in [0.15, 0.2) is 0 Å². The highest BCUT2D eigenvalue weighted by molar-refractivity contribution is 5.86. The van der Waals surface area contributed by atoms with Crippen molar-refractivity contribution in [1.82, 2.24) is 15.1 Å². The lowest BCUT2D eigenvalue weighted by molar-refractivity contribution is 0.414. The summed E-state index contributed by atoms with van der Waals surface area (Å²) in [6.45, 7) is 5.30. The van der Waals surface area contributed by atoms with Crippen molar-refractivity contribution < 1.29 is 0 Å². The number of hydrogen-bond donors (Lipinski definition) is 1. The summed E-state index contributed by atoms with van der Waals surface area (Å²) in [4.78, 5) is 0. The molecule has 108 valence electrons. The lowest BCUT2D eigenvalue weighted by Gasteiger charge is -2.21. The van der Waals surface area contributed by atoms with Crippen molar-refractivity contribution >= 4 is 10.8 Å². The van der Waals surface area contributed by atoms with E-state index >= 15 is 0 Å². The van der Waals surface area contributed by atoms with Crippen molar-refractivity contribution in [2.24, 2.45) is 0 Å². The molecule has 3 rings (SSSR count). The van der Waals surface area contributed by atoms with Gasteiger partial charge in [-0.25, -0.2) is 0 Å². The van der Waals surface area contributed by atoms with Crippen molar-refractivity contribution in [1.29, 1.82) is 0 Å². The highest BCUT2D eigenvalue weighted by Crippen LogP contribution is 2.24. The molecule has 2 aromatic carbocycles. The van der Waals surface area contributed by atoms with Gasteiger partial charge in [0.1, 0.15) is 0 Å². The first-order chi connectivity index (χ1) is 10.2. The minimum absolute atomic E-state index is 0.307. The van der Waals surface area contributed by atoms with Crippen molar-refractivity contribution in [3.8, 4) is 0 Å². The Bertz CT molecular complexity index is 698. The van der Waals surface area contributed by atoms with Crippen molar-refractivity contribution in [2.75, 3.05) is 0 Å². The zero-order valence-corrected chi connectivity index (χ0v) is 12.5. The molecule has 1 aromatic heterocycles. The molecular formula is C18H21N3. The number of benzene rings is 2. The van der Waals surface area contributed by atoms with Crippen LogP contribution in [0.3, 0.4) is 0 Å². The van der Waals surface area contributed by atoms with Gasteiger partial charge in [-0.15, -0.1) is 0 Å². The minimum atomic E-state index is 0.307. The van der Waals surface area contributed by atoms with Crippen LogP contribution in [0.5, 0.6) is 0 Å². The summed E-state index contributed by atoms with van der Waals surface area (Å²) in [6, 6.07) is 17.7. The molecule has 0 aliphatic heterocycles. The molecule has 3 heteroatoms. The zero-order valence-electron chi connectivity index (χ0n) is 12.5. The zero-order chi connectivity index (χ0) is 14.7. The summed E-state index contributed by atoms with van der Waals surface area (Å²) in [6.07, 6.45) is 3.82. The van der Waals surface area contributed by atoms with Crippen molar-refractivity contribution in [3.63, 3.8) is 0 Å². The maximum Gasteiger partial charge on any atom is 0.0560 e. The van der Waals surface area contributed by atoms with Crippen LogP contribution < -0.4 is 5.32 Å². The summed E-state index contributed by atoms with van der Waals surface area (Å²) >= 11 is 0. The van der Waals surface area contributed by atoms with Crippen LogP contribution in [0.2, 0.25) is 0 Å². The molecule has 3 nitrogen and oxygen atoms in total. The summed E-state index contributed by atoms with van der Waals surface area (Å²) in [5.41, 5.74) is 1.35. The summed E-state index contributed by atoms with van der Waals surface area (Å²) in [5, 5.41) is 10.5. The number of rotatable bonds is 5. The molecule has 0 radical (unpaired) electrons. The van der Waals surface area contributed by atoms with E-state index in [2.05, 4.69) is 66.7 Å². The molecule has 0 bridgehead atoms. The second-order valence-electron chi connectivity index (χ2n) is 5.59. The topological polar surface area (TPSA) is 29.9 Å². The molecule has 2 unspecified atom stereocenters. The Kier molecular flexibility index (Phi) is 4.02. The van der Waals surface area contributed by atoms with Gasteiger partial charge >= 0.3 is 0 Å². The molecular weight excluding hydrogens is 258 g/mol. The van der Waals surface area contributed by atoms with Gasteiger partial charge in [-0.05, 0) is 36.2 Å². The van der Waals surface area contributed by atoms with E-state index in [1.165, 1.54) is 16.3 Å². The standard InChI is InChI=1S/C18H21N3/c1-14(13-21-12-6-11-19-21)20-15(2)17-10-5-8-16-7-3-4-9-18(16)17/h3-12,14-15,20H,13H2,1-2H3. The maximum atomic E-state index is 4.26. The van der Waals surface area contributed by atoms with E-state index in [1.54, 1.807) is 0 Å².